The summed E-state index contributed by atoms with van der Waals surface area (Å²) in [6.07, 6.45) is 0. The lowest BCUT2D eigenvalue weighted by Gasteiger charge is -2.11. The van der Waals surface area contributed by atoms with E-state index in [1.165, 1.54) is 21.5 Å². The molecule has 0 aliphatic carbocycles. The molecule has 0 heterocycles. The zero-order chi connectivity index (χ0) is 12.3. The SMILES string of the molecule is Nc1[c]c2ccc3cc(N)cc4ccc(c1)c2c34. The smallest absolute Gasteiger partial charge is 0.0407 e. The Bertz CT molecular complexity index is 752. The third-order valence-electron chi connectivity index (χ3n) is 3.49. The summed E-state index contributed by atoms with van der Waals surface area (Å²) in [7, 11) is 0. The Morgan fingerprint density at radius 1 is 0.722 bits per heavy atom. The highest BCUT2D eigenvalue weighted by Crippen LogP contribution is 2.36. The molecule has 85 valence electrons. The van der Waals surface area contributed by atoms with Gasteiger partial charge in [-0.25, -0.2) is 0 Å². The molecule has 0 amide bonds. The summed E-state index contributed by atoms with van der Waals surface area (Å²) in [5.74, 6) is 0. The molecular weight excluding hydrogens is 220 g/mol. The van der Waals surface area contributed by atoms with Crippen LogP contribution in [0.1, 0.15) is 0 Å². The van der Waals surface area contributed by atoms with Gasteiger partial charge in [-0.2, -0.15) is 0 Å². The van der Waals surface area contributed by atoms with Crippen molar-refractivity contribution in [3.63, 3.8) is 0 Å². The Morgan fingerprint density at radius 3 is 2.06 bits per heavy atom. The Labute approximate surface area is 104 Å². The monoisotopic (exact) mass is 231 g/mol. The summed E-state index contributed by atoms with van der Waals surface area (Å²) >= 11 is 0. The van der Waals surface area contributed by atoms with E-state index in [1.807, 2.05) is 18.2 Å². The quantitative estimate of drug-likeness (QED) is 0.359. The molecule has 0 saturated heterocycles. The van der Waals surface area contributed by atoms with Gasteiger partial charge in [-0.1, -0.05) is 24.3 Å². The van der Waals surface area contributed by atoms with Gasteiger partial charge in [0, 0.05) is 17.4 Å². The van der Waals surface area contributed by atoms with E-state index in [4.69, 9.17) is 11.5 Å². The Kier molecular flexibility index (Phi) is 1.61. The van der Waals surface area contributed by atoms with Gasteiger partial charge in [-0.05, 0) is 50.5 Å². The molecule has 0 fully saturated rings. The lowest BCUT2D eigenvalue weighted by atomic mass is 9.93. The molecule has 18 heavy (non-hydrogen) atoms. The summed E-state index contributed by atoms with van der Waals surface area (Å²) in [4.78, 5) is 0. The van der Waals surface area contributed by atoms with Gasteiger partial charge in [0.1, 0.15) is 0 Å². The molecule has 0 aliphatic heterocycles. The van der Waals surface area contributed by atoms with E-state index in [0.717, 1.165) is 16.5 Å². The van der Waals surface area contributed by atoms with Crippen molar-refractivity contribution < 1.29 is 0 Å². The maximum Gasteiger partial charge on any atom is 0.0407 e. The molecule has 2 nitrogen and oxygen atoms in total. The van der Waals surface area contributed by atoms with Crippen LogP contribution < -0.4 is 11.5 Å². The molecule has 1 radical (unpaired) electrons. The van der Waals surface area contributed by atoms with Crippen LogP contribution in [0.25, 0.3) is 32.3 Å². The normalized spacial score (nSPS) is 11.8. The summed E-state index contributed by atoms with van der Waals surface area (Å²) in [6, 6.07) is 17.5. The topological polar surface area (TPSA) is 52.0 Å². The van der Waals surface area contributed by atoms with Crippen LogP contribution in [0.3, 0.4) is 0 Å². The largest absolute Gasteiger partial charge is 0.399 e. The molecule has 0 spiro atoms. The second-order valence-electron chi connectivity index (χ2n) is 4.71. The summed E-state index contributed by atoms with van der Waals surface area (Å²) in [6.45, 7) is 0. The molecular formula is C16H11N2. The van der Waals surface area contributed by atoms with E-state index < -0.39 is 0 Å². The predicted octanol–water partition coefficient (Wildman–Crippen LogP) is 3.55. The Morgan fingerprint density at radius 2 is 1.33 bits per heavy atom. The molecule has 0 atom stereocenters. The first kappa shape index (κ1) is 9.54. The van der Waals surface area contributed by atoms with Crippen LogP contribution in [0.15, 0.2) is 42.5 Å². The zero-order valence-corrected chi connectivity index (χ0v) is 9.70. The van der Waals surface area contributed by atoms with Gasteiger partial charge in [0.2, 0.25) is 0 Å². The zero-order valence-electron chi connectivity index (χ0n) is 9.70. The van der Waals surface area contributed by atoms with Gasteiger partial charge in [0.15, 0.2) is 0 Å². The molecule has 2 heteroatoms. The van der Waals surface area contributed by atoms with Gasteiger partial charge in [0.25, 0.3) is 0 Å². The first-order chi connectivity index (χ1) is 8.72. The van der Waals surface area contributed by atoms with Crippen molar-refractivity contribution in [1.82, 2.24) is 0 Å². The minimum atomic E-state index is 0.681. The molecule has 4 N–H and O–H groups in total. The highest BCUT2D eigenvalue weighted by atomic mass is 14.5. The summed E-state index contributed by atoms with van der Waals surface area (Å²) < 4.78 is 0. The Hall–Kier alpha value is -2.48. The first-order valence-electron chi connectivity index (χ1n) is 5.88. The maximum atomic E-state index is 5.93. The third kappa shape index (κ3) is 1.12. The highest BCUT2D eigenvalue weighted by Gasteiger charge is 2.09. The number of nitrogens with two attached hydrogens (primary N) is 2. The second-order valence-corrected chi connectivity index (χ2v) is 4.71. The molecule has 4 aromatic carbocycles. The molecule has 0 aromatic heterocycles. The van der Waals surface area contributed by atoms with Crippen LogP contribution in [0.5, 0.6) is 0 Å². The van der Waals surface area contributed by atoms with E-state index >= 15 is 0 Å². The molecule has 0 unspecified atom stereocenters. The third-order valence-corrected chi connectivity index (χ3v) is 3.49. The number of hydrogen-bond donors (Lipinski definition) is 2. The first-order valence-corrected chi connectivity index (χ1v) is 5.88. The van der Waals surface area contributed by atoms with E-state index in [9.17, 15) is 0 Å². The van der Waals surface area contributed by atoms with E-state index in [1.54, 1.807) is 0 Å². The van der Waals surface area contributed by atoms with E-state index in [0.29, 0.717) is 5.69 Å². The number of nitrogen functional groups attached to an aromatic ring is 2. The van der Waals surface area contributed by atoms with Gasteiger partial charge in [-0.3, -0.25) is 0 Å². The lowest BCUT2D eigenvalue weighted by Crippen LogP contribution is -1.90. The van der Waals surface area contributed by atoms with Crippen molar-refractivity contribution in [3.05, 3.63) is 48.5 Å². The average Bonchev–Trinajstić information content (AvgIpc) is 2.34. The average molecular weight is 231 g/mol. The Balaban J connectivity index is 2.41. The minimum Gasteiger partial charge on any atom is -0.399 e. The molecule has 0 bridgehead atoms. The highest BCUT2D eigenvalue weighted by molar-refractivity contribution is 6.24. The van der Waals surface area contributed by atoms with Crippen molar-refractivity contribution in [1.29, 1.82) is 0 Å². The maximum absolute atomic E-state index is 5.93. The van der Waals surface area contributed by atoms with Crippen LogP contribution >= 0.6 is 0 Å². The fraction of sp³-hybridized carbons (Fsp3) is 0. The lowest BCUT2D eigenvalue weighted by molar-refractivity contribution is 1.74. The van der Waals surface area contributed by atoms with Crippen molar-refractivity contribution in [2.24, 2.45) is 0 Å². The second kappa shape index (κ2) is 3.05. The van der Waals surface area contributed by atoms with Crippen LogP contribution in [0, 0.1) is 6.07 Å². The van der Waals surface area contributed by atoms with Gasteiger partial charge >= 0.3 is 0 Å². The molecule has 4 aromatic rings. The van der Waals surface area contributed by atoms with Gasteiger partial charge < -0.3 is 11.5 Å². The molecule has 0 saturated carbocycles. The number of rotatable bonds is 0. The number of benzene rings is 4. The van der Waals surface area contributed by atoms with Crippen molar-refractivity contribution in [2.45, 2.75) is 0 Å². The number of hydrogen-bond acceptors (Lipinski definition) is 2. The van der Waals surface area contributed by atoms with Crippen molar-refractivity contribution >= 4 is 43.7 Å². The summed E-state index contributed by atoms with van der Waals surface area (Å²) in [5, 5.41) is 7.02. The minimum absolute atomic E-state index is 0.681. The van der Waals surface area contributed by atoms with Gasteiger partial charge in [0.05, 0.1) is 0 Å². The van der Waals surface area contributed by atoms with Crippen molar-refractivity contribution in [3.8, 4) is 0 Å². The number of anilines is 2. The van der Waals surface area contributed by atoms with Crippen LogP contribution in [0.2, 0.25) is 0 Å². The molecule has 0 aliphatic rings. The van der Waals surface area contributed by atoms with Gasteiger partial charge in [-0.15, -0.1) is 0 Å². The van der Waals surface area contributed by atoms with E-state index in [-0.39, 0.29) is 0 Å². The van der Waals surface area contributed by atoms with Crippen LogP contribution in [-0.4, -0.2) is 0 Å². The fourth-order valence-corrected chi connectivity index (χ4v) is 2.80. The van der Waals surface area contributed by atoms with Crippen LogP contribution in [-0.2, 0) is 0 Å². The predicted molar refractivity (Wildman–Crippen MR) is 77.8 cm³/mol. The van der Waals surface area contributed by atoms with Crippen molar-refractivity contribution in [2.75, 3.05) is 11.5 Å². The van der Waals surface area contributed by atoms with E-state index in [2.05, 4.69) is 30.3 Å². The standard InChI is InChI=1S/C16H11N2/c17-13-5-9-1-2-10-6-14(18)8-12-4-3-11(7-13)15(9)16(10)12/h1-7H,17-18H2. The summed E-state index contributed by atoms with van der Waals surface area (Å²) in [5.41, 5.74) is 13.3. The van der Waals surface area contributed by atoms with Crippen LogP contribution in [0.4, 0.5) is 11.4 Å². The fourth-order valence-electron chi connectivity index (χ4n) is 2.80. The molecule has 4 rings (SSSR count).